The minimum atomic E-state index is 0.863. The Bertz CT molecular complexity index is 520. The van der Waals surface area contributed by atoms with E-state index in [9.17, 15) is 0 Å². The van der Waals surface area contributed by atoms with Gasteiger partial charge in [-0.3, -0.25) is 0 Å². The molecule has 1 nitrogen and oxygen atoms in total. The van der Waals surface area contributed by atoms with Gasteiger partial charge in [-0.25, -0.2) is 0 Å². The van der Waals surface area contributed by atoms with Crippen molar-refractivity contribution in [2.45, 2.75) is 20.4 Å². The summed E-state index contributed by atoms with van der Waals surface area (Å²) < 4.78 is 1.15. The SMILES string of the molecule is Cc1ccc(NCc2ccccc2C)cc1Br. The van der Waals surface area contributed by atoms with Crippen molar-refractivity contribution >= 4 is 21.6 Å². The van der Waals surface area contributed by atoms with E-state index in [0.29, 0.717) is 0 Å². The summed E-state index contributed by atoms with van der Waals surface area (Å²) >= 11 is 3.55. The van der Waals surface area contributed by atoms with Gasteiger partial charge in [-0.05, 0) is 42.7 Å². The summed E-state index contributed by atoms with van der Waals surface area (Å²) in [4.78, 5) is 0. The van der Waals surface area contributed by atoms with E-state index in [1.165, 1.54) is 16.7 Å². The van der Waals surface area contributed by atoms with Crippen LogP contribution < -0.4 is 5.32 Å². The van der Waals surface area contributed by atoms with Crippen LogP contribution in [0.25, 0.3) is 0 Å². The fourth-order valence-electron chi connectivity index (χ4n) is 1.71. The van der Waals surface area contributed by atoms with Crippen LogP contribution in [-0.4, -0.2) is 0 Å². The first-order valence-corrected chi connectivity index (χ1v) is 6.50. The van der Waals surface area contributed by atoms with Crippen molar-refractivity contribution < 1.29 is 0 Å². The quantitative estimate of drug-likeness (QED) is 0.865. The summed E-state index contributed by atoms with van der Waals surface area (Å²) in [5.74, 6) is 0. The van der Waals surface area contributed by atoms with Crippen LogP contribution in [0.2, 0.25) is 0 Å². The standard InChI is InChI=1S/C15H16BrN/c1-11-5-3-4-6-13(11)10-17-14-8-7-12(2)15(16)9-14/h3-9,17H,10H2,1-2H3. The molecule has 2 aromatic carbocycles. The molecule has 0 saturated heterocycles. The highest BCUT2D eigenvalue weighted by molar-refractivity contribution is 9.10. The predicted octanol–water partition coefficient (Wildman–Crippen LogP) is 4.68. The Balaban J connectivity index is 2.08. The molecule has 0 unspecified atom stereocenters. The molecular formula is C15H16BrN. The van der Waals surface area contributed by atoms with Crippen molar-refractivity contribution in [3.05, 3.63) is 63.6 Å². The number of nitrogens with one attached hydrogen (secondary N) is 1. The topological polar surface area (TPSA) is 12.0 Å². The van der Waals surface area contributed by atoms with Crippen LogP contribution in [0, 0.1) is 13.8 Å². The summed E-state index contributed by atoms with van der Waals surface area (Å²) in [7, 11) is 0. The first kappa shape index (κ1) is 12.2. The molecule has 0 aliphatic carbocycles. The van der Waals surface area contributed by atoms with Gasteiger partial charge in [-0.15, -0.1) is 0 Å². The molecule has 0 amide bonds. The maximum atomic E-state index is 3.55. The first-order chi connectivity index (χ1) is 8.16. The molecule has 0 spiro atoms. The van der Waals surface area contributed by atoms with Crippen LogP contribution in [0.4, 0.5) is 5.69 Å². The fourth-order valence-corrected chi connectivity index (χ4v) is 2.09. The molecule has 0 saturated carbocycles. The van der Waals surface area contributed by atoms with E-state index in [-0.39, 0.29) is 0 Å². The highest BCUT2D eigenvalue weighted by atomic mass is 79.9. The van der Waals surface area contributed by atoms with Gasteiger partial charge in [0.2, 0.25) is 0 Å². The van der Waals surface area contributed by atoms with Gasteiger partial charge >= 0.3 is 0 Å². The highest BCUT2D eigenvalue weighted by Crippen LogP contribution is 2.21. The van der Waals surface area contributed by atoms with Gasteiger partial charge in [0.15, 0.2) is 0 Å². The third-order valence-electron chi connectivity index (χ3n) is 2.92. The van der Waals surface area contributed by atoms with Gasteiger partial charge in [0, 0.05) is 16.7 Å². The minimum Gasteiger partial charge on any atom is -0.381 e. The molecule has 1 N–H and O–H groups in total. The van der Waals surface area contributed by atoms with E-state index < -0.39 is 0 Å². The maximum Gasteiger partial charge on any atom is 0.0403 e. The fraction of sp³-hybridized carbons (Fsp3) is 0.200. The summed E-state index contributed by atoms with van der Waals surface area (Å²) in [5.41, 5.74) is 5.06. The molecule has 88 valence electrons. The summed E-state index contributed by atoms with van der Waals surface area (Å²) in [5, 5.41) is 3.44. The zero-order valence-electron chi connectivity index (χ0n) is 10.1. The van der Waals surface area contributed by atoms with Crippen LogP contribution >= 0.6 is 15.9 Å². The van der Waals surface area contributed by atoms with Crippen LogP contribution in [0.1, 0.15) is 16.7 Å². The number of hydrogen-bond acceptors (Lipinski definition) is 1. The molecule has 0 heterocycles. The van der Waals surface area contributed by atoms with Gasteiger partial charge in [0.05, 0.1) is 0 Å². The summed E-state index contributed by atoms with van der Waals surface area (Å²) in [6, 6.07) is 14.8. The van der Waals surface area contributed by atoms with E-state index in [0.717, 1.165) is 16.7 Å². The van der Waals surface area contributed by atoms with E-state index in [4.69, 9.17) is 0 Å². The average Bonchev–Trinajstić information content (AvgIpc) is 2.32. The van der Waals surface area contributed by atoms with E-state index >= 15 is 0 Å². The Morgan fingerprint density at radius 1 is 1.00 bits per heavy atom. The maximum absolute atomic E-state index is 3.55. The molecule has 2 aromatic rings. The second kappa shape index (κ2) is 5.37. The van der Waals surface area contributed by atoms with Crippen LogP contribution in [0.5, 0.6) is 0 Å². The van der Waals surface area contributed by atoms with Crippen LogP contribution in [0.15, 0.2) is 46.9 Å². The van der Waals surface area contributed by atoms with Gasteiger partial charge < -0.3 is 5.32 Å². The van der Waals surface area contributed by atoms with Gasteiger partial charge in [-0.1, -0.05) is 46.3 Å². The Morgan fingerprint density at radius 2 is 1.76 bits per heavy atom. The molecule has 0 radical (unpaired) electrons. The number of hydrogen-bond donors (Lipinski definition) is 1. The Morgan fingerprint density at radius 3 is 2.47 bits per heavy atom. The molecule has 17 heavy (non-hydrogen) atoms. The first-order valence-electron chi connectivity index (χ1n) is 5.71. The van der Waals surface area contributed by atoms with Crippen molar-refractivity contribution in [1.82, 2.24) is 0 Å². The molecule has 0 fully saturated rings. The highest BCUT2D eigenvalue weighted by Gasteiger charge is 1.99. The lowest BCUT2D eigenvalue weighted by atomic mass is 10.1. The van der Waals surface area contributed by atoms with Gasteiger partial charge in [0.25, 0.3) is 0 Å². The lowest BCUT2D eigenvalue weighted by Crippen LogP contribution is -2.01. The molecule has 0 bridgehead atoms. The Kier molecular flexibility index (Phi) is 3.85. The normalized spacial score (nSPS) is 10.3. The van der Waals surface area contributed by atoms with E-state index in [2.05, 4.69) is 77.6 Å². The van der Waals surface area contributed by atoms with Crippen molar-refractivity contribution in [1.29, 1.82) is 0 Å². The van der Waals surface area contributed by atoms with E-state index in [1.807, 2.05) is 0 Å². The molecule has 0 aliphatic heterocycles. The monoisotopic (exact) mass is 289 g/mol. The smallest absolute Gasteiger partial charge is 0.0403 e. The third-order valence-corrected chi connectivity index (χ3v) is 3.77. The number of rotatable bonds is 3. The van der Waals surface area contributed by atoms with Gasteiger partial charge in [0.1, 0.15) is 0 Å². The zero-order valence-corrected chi connectivity index (χ0v) is 11.7. The van der Waals surface area contributed by atoms with Crippen LogP contribution in [0.3, 0.4) is 0 Å². The average molecular weight is 290 g/mol. The number of anilines is 1. The predicted molar refractivity (Wildman–Crippen MR) is 77.4 cm³/mol. The summed E-state index contributed by atoms with van der Waals surface area (Å²) in [6.07, 6.45) is 0. The van der Waals surface area contributed by atoms with E-state index in [1.54, 1.807) is 0 Å². The largest absolute Gasteiger partial charge is 0.381 e. The zero-order chi connectivity index (χ0) is 12.3. The van der Waals surface area contributed by atoms with Crippen molar-refractivity contribution in [3.8, 4) is 0 Å². The third kappa shape index (κ3) is 3.10. The lowest BCUT2D eigenvalue weighted by molar-refractivity contribution is 1.12. The minimum absolute atomic E-state index is 0.863. The molecule has 0 aromatic heterocycles. The number of aryl methyl sites for hydroxylation is 2. The molecule has 2 heteroatoms. The molecule has 0 atom stereocenters. The van der Waals surface area contributed by atoms with Crippen molar-refractivity contribution in [2.24, 2.45) is 0 Å². The second-order valence-electron chi connectivity index (χ2n) is 4.24. The molecule has 0 aliphatic rings. The number of benzene rings is 2. The molecule has 2 rings (SSSR count). The molecular weight excluding hydrogens is 274 g/mol. The Hall–Kier alpha value is -1.28. The van der Waals surface area contributed by atoms with Crippen molar-refractivity contribution in [2.75, 3.05) is 5.32 Å². The summed E-state index contributed by atoms with van der Waals surface area (Å²) in [6.45, 7) is 5.10. The number of halogens is 1. The lowest BCUT2D eigenvalue weighted by Gasteiger charge is -2.10. The van der Waals surface area contributed by atoms with Crippen molar-refractivity contribution in [3.63, 3.8) is 0 Å². The Labute approximate surface area is 111 Å². The second-order valence-corrected chi connectivity index (χ2v) is 5.10. The van der Waals surface area contributed by atoms with Gasteiger partial charge in [-0.2, -0.15) is 0 Å². The van der Waals surface area contributed by atoms with Crippen LogP contribution in [-0.2, 0) is 6.54 Å².